The topological polar surface area (TPSA) is 52.6 Å². The molecule has 0 saturated carbocycles. The fourth-order valence-electron chi connectivity index (χ4n) is 2.27. The molecule has 0 fully saturated rings. The molecule has 7 heteroatoms. The van der Waals surface area contributed by atoms with Crippen molar-refractivity contribution in [3.05, 3.63) is 58.9 Å². The van der Waals surface area contributed by atoms with Crippen molar-refractivity contribution in [3.63, 3.8) is 0 Å². The van der Waals surface area contributed by atoms with Crippen LogP contribution in [0.5, 0.6) is 11.5 Å². The van der Waals surface area contributed by atoms with Crippen LogP contribution in [-0.2, 0) is 0 Å². The van der Waals surface area contributed by atoms with Crippen molar-refractivity contribution >= 4 is 11.6 Å². The fourth-order valence-corrected chi connectivity index (χ4v) is 2.27. The molecule has 4 nitrogen and oxygen atoms in total. The third-order valence-electron chi connectivity index (χ3n) is 3.42. The molecule has 2 aromatic rings. The van der Waals surface area contributed by atoms with Crippen molar-refractivity contribution in [2.24, 2.45) is 0 Å². The van der Waals surface area contributed by atoms with Crippen molar-refractivity contribution in [2.45, 2.75) is 33.5 Å². The third-order valence-corrected chi connectivity index (χ3v) is 3.42. The Morgan fingerprint density at radius 2 is 1.46 bits per heavy atom. The molecule has 0 atom stereocenters. The monoisotopic (exact) mass is 366 g/mol. The summed E-state index contributed by atoms with van der Waals surface area (Å²) < 4.78 is 47.9. The highest BCUT2D eigenvalue weighted by Crippen LogP contribution is 2.24. The highest BCUT2D eigenvalue weighted by molar-refractivity contribution is 6.49. The van der Waals surface area contributed by atoms with Crippen molar-refractivity contribution in [1.29, 1.82) is 0 Å². The van der Waals surface area contributed by atoms with E-state index in [-0.39, 0.29) is 34.3 Å². The quantitative estimate of drug-likeness (QED) is 0.531. The first-order valence-corrected chi connectivity index (χ1v) is 7.79. The zero-order chi connectivity index (χ0) is 19.4. The molecule has 0 aromatic heterocycles. The standard InChI is InChI=1S/C19H17F3O4/c1-10(2)25-16-9-13(4-6-14(16)20)18(24)17(23)12-5-7-15(11(3)8-12)26-19(21)22/h4-10,19H,1-3H3. The first-order valence-electron chi connectivity index (χ1n) is 7.79. The number of halogens is 3. The normalized spacial score (nSPS) is 10.9. The lowest BCUT2D eigenvalue weighted by Gasteiger charge is -2.12. The molecule has 0 aliphatic rings. The number of alkyl halides is 2. The Kier molecular flexibility index (Phi) is 6.02. The van der Waals surface area contributed by atoms with Crippen LogP contribution < -0.4 is 9.47 Å². The fraction of sp³-hybridized carbons (Fsp3) is 0.263. The van der Waals surface area contributed by atoms with Crippen LogP contribution >= 0.6 is 0 Å². The molecular weight excluding hydrogens is 349 g/mol. The first-order chi connectivity index (χ1) is 12.2. The number of Topliss-reactive ketones (excluding diaryl/α,β-unsaturated/α-hetero) is 2. The van der Waals surface area contributed by atoms with Gasteiger partial charge in [-0.05, 0) is 62.7 Å². The second-order valence-corrected chi connectivity index (χ2v) is 5.83. The van der Waals surface area contributed by atoms with E-state index in [1.165, 1.54) is 31.2 Å². The molecule has 0 heterocycles. The van der Waals surface area contributed by atoms with E-state index in [1.807, 2.05) is 0 Å². The molecule has 0 amide bonds. The lowest BCUT2D eigenvalue weighted by molar-refractivity contribution is -0.0502. The van der Waals surface area contributed by atoms with Crippen LogP contribution in [-0.4, -0.2) is 24.3 Å². The highest BCUT2D eigenvalue weighted by atomic mass is 19.3. The molecule has 0 saturated heterocycles. The van der Waals surface area contributed by atoms with Crippen LogP contribution in [0.3, 0.4) is 0 Å². The summed E-state index contributed by atoms with van der Waals surface area (Å²) in [5.74, 6) is -2.57. The van der Waals surface area contributed by atoms with Gasteiger partial charge in [0.05, 0.1) is 6.10 Å². The molecule has 2 rings (SSSR count). The number of ketones is 2. The number of benzene rings is 2. The second kappa shape index (κ2) is 8.03. The van der Waals surface area contributed by atoms with Gasteiger partial charge in [0, 0.05) is 11.1 Å². The molecule has 0 N–H and O–H groups in total. The van der Waals surface area contributed by atoms with Crippen LogP contribution in [0.2, 0.25) is 0 Å². The zero-order valence-electron chi connectivity index (χ0n) is 14.4. The molecule has 26 heavy (non-hydrogen) atoms. The largest absolute Gasteiger partial charge is 0.488 e. The summed E-state index contributed by atoms with van der Waals surface area (Å²) in [5.41, 5.74) is 0.272. The van der Waals surface area contributed by atoms with Crippen molar-refractivity contribution in [2.75, 3.05) is 0 Å². The maximum Gasteiger partial charge on any atom is 0.387 e. The molecule has 0 spiro atoms. The van der Waals surface area contributed by atoms with Gasteiger partial charge in [0.1, 0.15) is 5.75 Å². The van der Waals surface area contributed by atoms with Gasteiger partial charge in [-0.25, -0.2) is 4.39 Å². The van der Waals surface area contributed by atoms with E-state index in [4.69, 9.17) is 4.74 Å². The predicted octanol–water partition coefficient (Wildman–Crippen LogP) is 4.59. The number of ether oxygens (including phenoxy) is 2. The van der Waals surface area contributed by atoms with E-state index in [0.29, 0.717) is 0 Å². The minimum Gasteiger partial charge on any atom is -0.488 e. The highest BCUT2D eigenvalue weighted by Gasteiger charge is 2.21. The Balaban J connectivity index is 2.27. The van der Waals surface area contributed by atoms with E-state index in [9.17, 15) is 22.8 Å². The molecule has 0 aliphatic heterocycles. The number of hydrogen-bond donors (Lipinski definition) is 0. The van der Waals surface area contributed by atoms with E-state index in [1.54, 1.807) is 13.8 Å². The summed E-state index contributed by atoms with van der Waals surface area (Å²) in [6.07, 6.45) is -0.310. The van der Waals surface area contributed by atoms with Gasteiger partial charge in [0.15, 0.2) is 11.6 Å². The van der Waals surface area contributed by atoms with Gasteiger partial charge in [0.25, 0.3) is 0 Å². The van der Waals surface area contributed by atoms with Crippen molar-refractivity contribution < 1.29 is 32.2 Å². The number of carbonyl (C=O) groups excluding carboxylic acids is 2. The van der Waals surface area contributed by atoms with Crippen LogP contribution in [0.4, 0.5) is 13.2 Å². The minimum atomic E-state index is -2.99. The first kappa shape index (κ1) is 19.5. The van der Waals surface area contributed by atoms with Crippen molar-refractivity contribution in [1.82, 2.24) is 0 Å². The lowest BCUT2D eigenvalue weighted by atomic mass is 9.99. The average molecular weight is 366 g/mol. The molecule has 0 unspecified atom stereocenters. The minimum absolute atomic E-state index is 0.0183. The summed E-state index contributed by atoms with van der Waals surface area (Å²) in [5, 5.41) is 0. The maximum absolute atomic E-state index is 13.7. The number of aryl methyl sites for hydroxylation is 1. The number of carbonyl (C=O) groups is 2. The zero-order valence-corrected chi connectivity index (χ0v) is 14.4. The van der Waals surface area contributed by atoms with Gasteiger partial charge >= 0.3 is 6.61 Å². The predicted molar refractivity (Wildman–Crippen MR) is 88.6 cm³/mol. The van der Waals surface area contributed by atoms with Crippen LogP contribution in [0.1, 0.15) is 40.1 Å². The molecule has 0 radical (unpaired) electrons. The Labute approximate surface area is 148 Å². The van der Waals surface area contributed by atoms with Crippen LogP contribution in [0, 0.1) is 12.7 Å². The smallest absolute Gasteiger partial charge is 0.387 e. The van der Waals surface area contributed by atoms with E-state index < -0.39 is 24.0 Å². The molecular formula is C19H17F3O4. The number of rotatable bonds is 7. The average Bonchev–Trinajstić information content (AvgIpc) is 2.56. The van der Waals surface area contributed by atoms with Crippen LogP contribution in [0.15, 0.2) is 36.4 Å². The Hall–Kier alpha value is -2.83. The molecule has 0 bridgehead atoms. The summed E-state index contributed by atoms with van der Waals surface area (Å²) in [6.45, 7) is 1.89. The SMILES string of the molecule is Cc1cc(C(=O)C(=O)c2ccc(F)c(OC(C)C)c2)ccc1OC(F)F. The van der Waals surface area contributed by atoms with E-state index >= 15 is 0 Å². The Morgan fingerprint density at radius 3 is 2.00 bits per heavy atom. The second-order valence-electron chi connectivity index (χ2n) is 5.83. The molecule has 2 aromatic carbocycles. The maximum atomic E-state index is 13.7. The molecule has 0 aliphatic carbocycles. The van der Waals surface area contributed by atoms with Gasteiger partial charge in [-0.15, -0.1) is 0 Å². The summed E-state index contributed by atoms with van der Waals surface area (Å²) in [6, 6.07) is 7.09. The molecule has 138 valence electrons. The van der Waals surface area contributed by atoms with E-state index in [0.717, 1.165) is 12.1 Å². The van der Waals surface area contributed by atoms with Gasteiger partial charge in [-0.3, -0.25) is 9.59 Å². The van der Waals surface area contributed by atoms with Gasteiger partial charge in [-0.1, -0.05) is 0 Å². The van der Waals surface area contributed by atoms with Gasteiger partial charge in [-0.2, -0.15) is 8.78 Å². The van der Waals surface area contributed by atoms with Crippen LogP contribution in [0.25, 0.3) is 0 Å². The van der Waals surface area contributed by atoms with Gasteiger partial charge in [0.2, 0.25) is 11.6 Å². The van der Waals surface area contributed by atoms with Gasteiger partial charge < -0.3 is 9.47 Å². The lowest BCUT2D eigenvalue weighted by Crippen LogP contribution is -2.16. The van der Waals surface area contributed by atoms with E-state index in [2.05, 4.69) is 4.74 Å². The summed E-state index contributed by atoms with van der Waals surface area (Å²) in [4.78, 5) is 24.8. The Morgan fingerprint density at radius 1 is 0.885 bits per heavy atom. The summed E-state index contributed by atoms with van der Waals surface area (Å²) in [7, 11) is 0. The Bertz CT molecular complexity index is 832. The third kappa shape index (κ3) is 4.62. The van der Waals surface area contributed by atoms with Crippen molar-refractivity contribution in [3.8, 4) is 11.5 Å². The number of hydrogen-bond acceptors (Lipinski definition) is 4. The summed E-state index contributed by atoms with van der Waals surface area (Å²) >= 11 is 0.